The van der Waals surface area contributed by atoms with Crippen LogP contribution in [-0.4, -0.2) is 37.3 Å². The number of nitrogens with zero attached hydrogens (tertiary/aromatic N) is 3. The van der Waals surface area contributed by atoms with Gasteiger partial charge in [0.1, 0.15) is 6.07 Å². The van der Waals surface area contributed by atoms with Gasteiger partial charge < -0.3 is 9.73 Å². The average molecular weight is 403 g/mol. The molecule has 1 aliphatic heterocycles. The van der Waals surface area contributed by atoms with Crippen LogP contribution in [-0.2, 0) is 10.0 Å². The first-order chi connectivity index (χ1) is 13.4. The van der Waals surface area contributed by atoms with Gasteiger partial charge in [-0.2, -0.15) is 14.6 Å². The molecule has 2 heterocycles. The Morgan fingerprint density at radius 3 is 2.39 bits per heavy atom. The third kappa shape index (κ3) is 4.54. The van der Waals surface area contributed by atoms with E-state index in [0.29, 0.717) is 42.9 Å². The fraction of sp³-hybridized carbons (Fsp3) is 0.500. The second kappa shape index (κ2) is 8.76. The quantitative estimate of drug-likeness (QED) is 0.788. The molecule has 1 saturated heterocycles. The summed E-state index contributed by atoms with van der Waals surface area (Å²) in [5.74, 6) is 1.03. The molecule has 3 rings (SSSR count). The van der Waals surface area contributed by atoms with Gasteiger partial charge in [-0.1, -0.05) is 26.7 Å². The zero-order valence-corrected chi connectivity index (χ0v) is 17.1. The minimum absolute atomic E-state index is 0.192. The monoisotopic (exact) mass is 402 g/mol. The number of nitrogens with one attached hydrogen (secondary N) is 1. The van der Waals surface area contributed by atoms with Gasteiger partial charge >= 0.3 is 0 Å². The Morgan fingerprint density at radius 2 is 1.82 bits per heavy atom. The summed E-state index contributed by atoms with van der Waals surface area (Å²) in [5, 5.41) is 12.3. The van der Waals surface area contributed by atoms with E-state index >= 15 is 0 Å². The zero-order chi connectivity index (χ0) is 20.1. The molecule has 1 N–H and O–H groups in total. The maximum Gasteiger partial charge on any atom is 0.243 e. The number of oxazole rings is 1. The molecule has 1 fully saturated rings. The Kier molecular flexibility index (Phi) is 6.37. The highest BCUT2D eigenvalue weighted by molar-refractivity contribution is 7.89. The first-order valence-corrected chi connectivity index (χ1v) is 11.1. The highest BCUT2D eigenvalue weighted by Crippen LogP contribution is 2.27. The molecule has 0 amide bonds. The number of benzene rings is 1. The summed E-state index contributed by atoms with van der Waals surface area (Å²) >= 11 is 0. The van der Waals surface area contributed by atoms with Crippen LogP contribution in [0.15, 0.2) is 33.6 Å². The third-order valence-corrected chi connectivity index (χ3v) is 6.62. The molecule has 7 nitrogen and oxygen atoms in total. The molecule has 2 aromatic rings. The molecule has 28 heavy (non-hydrogen) atoms. The summed E-state index contributed by atoms with van der Waals surface area (Å²) in [6, 6.07) is 8.52. The van der Waals surface area contributed by atoms with Gasteiger partial charge in [0.25, 0.3) is 0 Å². The van der Waals surface area contributed by atoms with Crippen molar-refractivity contribution in [2.24, 2.45) is 5.92 Å². The van der Waals surface area contributed by atoms with Crippen LogP contribution in [0.5, 0.6) is 0 Å². The van der Waals surface area contributed by atoms with Gasteiger partial charge in [0.05, 0.1) is 4.90 Å². The van der Waals surface area contributed by atoms with Crippen molar-refractivity contribution in [2.75, 3.05) is 25.0 Å². The van der Waals surface area contributed by atoms with Gasteiger partial charge in [-0.15, -0.1) is 0 Å². The molecule has 0 unspecified atom stereocenters. The van der Waals surface area contributed by atoms with E-state index in [1.54, 1.807) is 28.6 Å². The Labute approximate surface area is 166 Å². The number of sulfonamides is 1. The van der Waals surface area contributed by atoms with E-state index in [1.165, 1.54) is 0 Å². The molecular formula is C20H26N4O3S. The zero-order valence-electron chi connectivity index (χ0n) is 16.3. The van der Waals surface area contributed by atoms with Crippen molar-refractivity contribution in [3.63, 3.8) is 0 Å². The van der Waals surface area contributed by atoms with Gasteiger partial charge in [-0.05, 0) is 43.0 Å². The summed E-state index contributed by atoms with van der Waals surface area (Å²) in [4.78, 5) is 4.49. The van der Waals surface area contributed by atoms with Gasteiger partial charge in [-0.3, -0.25) is 0 Å². The molecule has 0 radical (unpaired) electrons. The number of hydrogen-bond donors (Lipinski definition) is 1. The lowest BCUT2D eigenvalue weighted by Gasteiger charge is -2.19. The van der Waals surface area contributed by atoms with Gasteiger partial charge in [-0.25, -0.2) is 8.42 Å². The second-order valence-electron chi connectivity index (χ2n) is 7.43. The van der Waals surface area contributed by atoms with Crippen molar-refractivity contribution in [1.29, 1.82) is 5.26 Å². The molecule has 8 heteroatoms. The van der Waals surface area contributed by atoms with E-state index in [4.69, 9.17) is 4.42 Å². The lowest BCUT2D eigenvalue weighted by atomic mass is 10.2. The Bertz CT molecular complexity index is 935. The summed E-state index contributed by atoms with van der Waals surface area (Å²) in [6.07, 6.45) is 3.94. The average Bonchev–Trinajstić information content (AvgIpc) is 2.89. The van der Waals surface area contributed by atoms with E-state index in [9.17, 15) is 13.7 Å². The standard InChI is InChI=1S/C20H26N4O3S/c1-15(2)14-22-20-18(13-21)23-19(27-20)16-7-9-17(10-8-16)28(25,26)24-11-5-3-4-6-12-24/h7-10,15,22H,3-6,11-12,14H2,1-2H3. The first kappa shape index (κ1) is 20.4. The maximum atomic E-state index is 12.9. The van der Waals surface area contributed by atoms with Gasteiger partial charge in [0, 0.05) is 25.2 Å². The van der Waals surface area contributed by atoms with Crippen LogP contribution in [0.2, 0.25) is 0 Å². The smallest absolute Gasteiger partial charge is 0.243 e. The van der Waals surface area contributed by atoms with Crippen LogP contribution in [0.3, 0.4) is 0 Å². The largest absolute Gasteiger partial charge is 0.419 e. The van der Waals surface area contributed by atoms with Crippen molar-refractivity contribution in [1.82, 2.24) is 9.29 Å². The normalized spacial score (nSPS) is 15.9. The van der Waals surface area contributed by atoms with E-state index in [1.807, 2.05) is 6.07 Å². The van der Waals surface area contributed by atoms with Crippen LogP contribution in [0.4, 0.5) is 5.88 Å². The van der Waals surface area contributed by atoms with Gasteiger partial charge in [0.15, 0.2) is 0 Å². The predicted molar refractivity (Wildman–Crippen MR) is 107 cm³/mol. The molecule has 0 saturated carbocycles. The topological polar surface area (TPSA) is 99.2 Å². The molecule has 1 aromatic heterocycles. The number of aromatic nitrogens is 1. The van der Waals surface area contributed by atoms with Crippen LogP contribution in [0, 0.1) is 17.2 Å². The van der Waals surface area contributed by atoms with Crippen molar-refractivity contribution < 1.29 is 12.8 Å². The minimum Gasteiger partial charge on any atom is -0.419 e. The van der Waals surface area contributed by atoms with E-state index in [0.717, 1.165) is 25.7 Å². The van der Waals surface area contributed by atoms with Crippen molar-refractivity contribution in [3.05, 3.63) is 30.0 Å². The number of anilines is 1. The van der Waals surface area contributed by atoms with E-state index < -0.39 is 10.0 Å². The first-order valence-electron chi connectivity index (χ1n) is 9.67. The van der Waals surface area contributed by atoms with Gasteiger partial charge in [0.2, 0.25) is 27.5 Å². The fourth-order valence-electron chi connectivity index (χ4n) is 3.14. The lowest BCUT2D eigenvalue weighted by Crippen LogP contribution is -2.31. The summed E-state index contributed by atoms with van der Waals surface area (Å²) in [7, 11) is -3.49. The van der Waals surface area contributed by atoms with E-state index in [-0.39, 0.29) is 10.6 Å². The minimum atomic E-state index is -3.49. The molecular weight excluding hydrogens is 376 g/mol. The highest BCUT2D eigenvalue weighted by atomic mass is 32.2. The molecule has 0 bridgehead atoms. The van der Waals surface area contributed by atoms with Crippen molar-refractivity contribution in [3.8, 4) is 17.5 Å². The molecule has 1 aliphatic rings. The van der Waals surface area contributed by atoms with Crippen LogP contribution in [0.25, 0.3) is 11.5 Å². The second-order valence-corrected chi connectivity index (χ2v) is 9.36. The Hall–Kier alpha value is -2.37. The molecule has 0 atom stereocenters. The Morgan fingerprint density at radius 1 is 1.18 bits per heavy atom. The summed E-state index contributed by atoms with van der Waals surface area (Å²) in [5.41, 5.74) is 0.820. The van der Waals surface area contributed by atoms with Crippen LogP contribution in [0.1, 0.15) is 45.2 Å². The van der Waals surface area contributed by atoms with Crippen molar-refractivity contribution >= 4 is 15.9 Å². The molecule has 150 valence electrons. The molecule has 0 spiro atoms. The molecule has 1 aromatic carbocycles. The van der Waals surface area contributed by atoms with E-state index in [2.05, 4.69) is 24.1 Å². The Balaban J connectivity index is 1.81. The predicted octanol–water partition coefficient (Wildman–Crippen LogP) is 3.85. The summed E-state index contributed by atoms with van der Waals surface area (Å²) in [6.45, 7) is 5.91. The summed E-state index contributed by atoms with van der Waals surface area (Å²) < 4.78 is 33.0. The van der Waals surface area contributed by atoms with Crippen LogP contribution >= 0.6 is 0 Å². The van der Waals surface area contributed by atoms with Crippen LogP contribution < -0.4 is 5.32 Å². The number of rotatable bonds is 6. The SMILES string of the molecule is CC(C)CNc1oc(-c2ccc(S(=O)(=O)N3CCCCCC3)cc2)nc1C#N. The highest BCUT2D eigenvalue weighted by Gasteiger charge is 2.25. The fourth-order valence-corrected chi connectivity index (χ4v) is 4.65. The third-order valence-electron chi connectivity index (χ3n) is 4.71. The van der Waals surface area contributed by atoms with Crippen molar-refractivity contribution in [2.45, 2.75) is 44.4 Å². The number of hydrogen-bond acceptors (Lipinski definition) is 6. The molecule has 0 aliphatic carbocycles. The lowest BCUT2D eigenvalue weighted by molar-refractivity contribution is 0.423. The number of nitriles is 1. The maximum absolute atomic E-state index is 12.9.